The van der Waals surface area contributed by atoms with E-state index in [9.17, 15) is 43.0 Å². The maximum atomic E-state index is 14.8. The molecule has 6 aromatic rings. The van der Waals surface area contributed by atoms with E-state index in [0.29, 0.717) is 152 Å². The summed E-state index contributed by atoms with van der Waals surface area (Å²) in [5, 5.41) is 47.4. The monoisotopic (exact) mass is 2070 g/mol. The average Bonchev–Trinajstić information content (AvgIpc) is 1.70. The fraction of sp³-hybridized carbons (Fsp3) is 0.675. The van der Waals surface area contributed by atoms with Gasteiger partial charge in [-0.05, 0) is 227 Å². The second-order valence-electron chi connectivity index (χ2n) is 44.1. The van der Waals surface area contributed by atoms with Gasteiger partial charge in [0.2, 0.25) is 0 Å². The van der Waals surface area contributed by atoms with Crippen molar-refractivity contribution in [3.63, 3.8) is 0 Å². The third-order valence-electron chi connectivity index (χ3n) is 31.0. The van der Waals surface area contributed by atoms with Crippen molar-refractivity contribution in [3.8, 4) is 23.3 Å². The first-order chi connectivity index (χ1) is 72.2. The Balaban J connectivity index is 0.000000203. The number of likely N-dealkylation sites (N-methyl/N-ethyl adjacent to an activating group) is 3. The SMILES string of the molecule is CCNC[C@H](CC1CCCCC1)Nc1c(N2CCC[C@@H]([C@@H](OCCCOC)c3ccccc3)C2)c(=O)c1=O.CNC[C@H](CC(C)C)NC(=O)N1CCC[C@@H]([C@@](O)(CCCCOC)c2ccccc2Oc2ccccc2)C1.CNC[C@H](CC1CCCCC1)NC(=O)N1CCC[C@@H]([C@@H](OCCCOC)c2ccccc2C#CC2CC2)C1.COCCCC[C@@](O)(c1cccc(F)c1F)[C@@H]1CCCN(C(=O)N[C@H](CN)CC(C)(C)COC)C1. The van der Waals surface area contributed by atoms with Crippen molar-refractivity contribution < 1.29 is 71.3 Å². The van der Waals surface area contributed by atoms with E-state index in [0.717, 1.165) is 157 Å². The van der Waals surface area contributed by atoms with Crippen LogP contribution in [0.25, 0.3) is 0 Å². The minimum atomic E-state index is -1.60. The summed E-state index contributed by atoms with van der Waals surface area (Å²) in [6.45, 7) is 23.4. The lowest BCUT2D eigenvalue weighted by Gasteiger charge is -2.43. The van der Waals surface area contributed by atoms with Crippen molar-refractivity contribution in [3.05, 3.63) is 187 Å². The van der Waals surface area contributed by atoms with Crippen LogP contribution in [0.4, 0.5) is 34.5 Å². The molecule has 6 amide bonds. The van der Waals surface area contributed by atoms with Gasteiger partial charge in [-0.25, -0.2) is 23.2 Å². The number of anilines is 2. The molecule has 0 bridgehead atoms. The number of carbonyl (C=O) groups excluding carboxylic acids is 3. The van der Waals surface area contributed by atoms with Gasteiger partial charge in [-0.15, -0.1) is 0 Å². The van der Waals surface area contributed by atoms with Gasteiger partial charge in [0.15, 0.2) is 11.6 Å². The second kappa shape index (κ2) is 65.7. The van der Waals surface area contributed by atoms with Crippen molar-refractivity contribution in [2.24, 2.45) is 58.5 Å². The van der Waals surface area contributed by atoms with Crippen molar-refractivity contribution in [1.29, 1.82) is 0 Å². The van der Waals surface area contributed by atoms with Crippen LogP contribution in [-0.4, -0.2) is 248 Å². The first-order valence-electron chi connectivity index (χ1n) is 56.5. The van der Waals surface area contributed by atoms with Crippen LogP contribution >= 0.6 is 0 Å². The quantitative estimate of drug-likeness (QED) is 0.00963. The van der Waals surface area contributed by atoms with Gasteiger partial charge in [-0.1, -0.05) is 208 Å². The number of aliphatic hydroxyl groups is 2. The molecule has 0 radical (unpaired) electrons. The van der Waals surface area contributed by atoms with E-state index in [-0.39, 0.29) is 114 Å². The molecule has 4 saturated heterocycles. The number of nitrogens with two attached hydrogens (primary N) is 1. The molecule has 830 valence electrons. The summed E-state index contributed by atoms with van der Waals surface area (Å²) in [5.74, 6) is 8.63. The van der Waals surface area contributed by atoms with Gasteiger partial charge in [0, 0.05) is 224 Å². The normalized spacial score (nSPS) is 20.0. The highest BCUT2D eigenvalue weighted by Crippen LogP contribution is 2.47. The van der Waals surface area contributed by atoms with E-state index in [1.54, 1.807) is 40.4 Å². The van der Waals surface area contributed by atoms with Gasteiger partial charge >= 0.3 is 18.1 Å². The number of piperidine rings is 4. The third-order valence-corrected chi connectivity index (χ3v) is 31.0. The number of hydrogen-bond donors (Lipinski definition) is 10. The maximum Gasteiger partial charge on any atom is 0.317 e. The van der Waals surface area contributed by atoms with Gasteiger partial charge in [0.25, 0.3) is 10.9 Å². The Morgan fingerprint density at radius 1 is 0.503 bits per heavy atom. The topological polar surface area (TPSA) is 323 Å². The van der Waals surface area contributed by atoms with E-state index >= 15 is 0 Å². The van der Waals surface area contributed by atoms with E-state index in [1.165, 1.54) is 94.7 Å². The lowest BCUT2D eigenvalue weighted by atomic mass is 9.73. The highest BCUT2D eigenvalue weighted by molar-refractivity contribution is 5.77. The number of amides is 6. The zero-order valence-corrected chi connectivity index (χ0v) is 92.3. The van der Waals surface area contributed by atoms with E-state index < -0.39 is 28.8 Å². The Morgan fingerprint density at radius 2 is 1.01 bits per heavy atom. The van der Waals surface area contributed by atoms with Crippen LogP contribution in [-0.2, 0) is 44.4 Å². The van der Waals surface area contributed by atoms with Gasteiger partial charge in [0.1, 0.15) is 22.9 Å². The number of unbranched alkanes of at least 4 members (excludes halogenated alkanes) is 2. The van der Waals surface area contributed by atoms with E-state index in [1.807, 2.05) is 84.6 Å². The Morgan fingerprint density at radius 3 is 1.58 bits per heavy atom. The molecule has 0 aromatic heterocycles. The summed E-state index contributed by atoms with van der Waals surface area (Å²) in [7, 11) is 12.3. The van der Waals surface area contributed by atoms with Crippen LogP contribution < -0.4 is 63.4 Å². The fourth-order valence-electron chi connectivity index (χ4n) is 23.2. The summed E-state index contributed by atoms with van der Waals surface area (Å²) in [5.41, 5.74) is 7.58. The first kappa shape index (κ1) is 122. The van der Waals surface area contributed by atoms with Crippen LogP contribution in [0, 0.1) is 76.2 Å². The Hall–Kier alpha value is -8.71. The summed E-state index contributed by atoms with van der Waals surface area (Å²) in [4.78, 5) is 73.4. The van der Waals surface area contributed by atoms with Gasteiger partial charge in [-0.2, -0.15) is 0 Å². The van der Waals surface area contributed by atoms with Gasteiger partial charge in [0.05, 0.1) is 30.0 Å². The Kier molecular flexibility index (Phi) is 53.9. The zero-order valence-electron chi connectivity index (χ0n) is 92.3. The number of halogens is 2. The molecule has 11 N–H and O–H groups in total. The van der Waals surface area contributed by atoms with Crippen LogP contribution in [0.2, 0.25) is 0 Å². The second-order valence-corrected chi connectivity index (χ2v) is 44.1. The smallest absolute Gasteiger partial charge is 0.317 e. The number of benzene rings is 5. The molecule has 3 saturated carbocycles. The number of ether oxygens (including phenoxy) is 8. The molecular weight excluding hydrogens is 1890 g/mol. The molecule has 7 fully saturated rings. The number of nitrogens with zero attached hydrogens (tertiary/aromatic N) is 4. The minimum absolute atomic E-state index is 0.0495. The van der Waals surface area contributed by atoms with E-state index in [2.05, 4.69) is 137 Å². The molecule has 13 rings (SSSR count). The van der Waals surface area contributed by atoms with Crippen molar-refractivity contribution in [1.82, 2.24) is 46.6 Å². The van der Waals surface area contributed by atoms with Crippen LogP contribution in [0.15, 0.2) is 137 Å². The molecular formula is C120H186F2N12O15. The molecule has 4 aliphatic heterocycles. The molecule has 149 heavy (non-hydrogen) atoms. The Labute approximate surface area is 890 Å². The molecule has 29 heteroatoms. The lowest BCUT2D eigenvalue weighted by Crippen LogP contribution is -2.54. The van der Waals surface area contributed by atoms with Gasteiger partial charge < -0.3 is 111 Å². The standard InChI is InChI=1S/C32H49N3O3.2C31H47N3O4.C26H43F2N3O4/c1-33-23-29(22-26-10-4-3-5-11-26)34-32(36)35-19-8-13-28(24-35)31(38-21-9-20-37-2)30-14-7-6-12-27(30)18-17-25-15-16-25;1-3-32-21-26(20-23-12-6-4-7-13-23)33-27-28(30(36)29(27)35)34-17-10-16-25(22-34)31(38-19-11-18-37-2)24-14-8-5-9-15-24;1-24(2)21-26(22-32-3)33-30(35)34-19-12-13-25(23-34)31(36,18-10-11-20-37-4)28-16-8-9-17-29(28)38-27-14-6-5-7-15-27;1-25(2,18-35-4)15-20(16-29)30-24(32)31-13-8-9-19(17-31)26(33,12-5-6-14-34-3)21-10-7-11-22(27)23(21)28/h6-7,12,14,25-26,28-29,31,33H,3-5,8-11,13,15-16,19-24H2,1-2H3,(H,34,36);5,8-9,14-15,23,25-26,31-33H,3-4,6-7,10-13,16-22H2,1-2H3;5-9,14-17,24-26,32,36H,10-13,18-23H2,1-4H3,(H,33,35);7,10-11,19-20,33H,5-6,8-9,12-18,29H2,1-4H3,(H,30,32)/t28-,29+,31-;2*25-,26+,31+;19-,20+,26+/m1111/s1. The van der Waals surface area contributed by atoms with Crippen LogP contribution in [0.3, 0.4) is 0 Å². The number of carbonyl (C=O) groups is 3. The summed E-state index contributed by atoms with van der Waals surface area (Å²) < 4.78 is 74.3. The van der Waals surface area contributed by atoms with E-state index in [4.69, 9.17) is 43.6 Å². The number of para-hydroxylation sites is 2. The molecule has 12 atom stereocenters. The molecule has 27 nitrogen and oxygen atoms in total. The number of methoxy groups -OCH3 is 5. The molecule has 0 spiro atoms. The van der Waals surface area contributed by atoms with Crippen LogP contribution in [0.1, 0.15) is 280 Å². The van der Waals surface area contributed by atoms with Gasteiger partial charge in [-0.3, -0.25) is 9.59 Å². The molecule has 3 aliphatic carbocycles. The average molecular weight is 2070 g/mol. The number of likely N-dealkylation sites (tertiary alicyclic amines) is 3. The highest BCUT2D eigenvalue weighted by Gasteiger charge is 2.47. The van der Waals surface area contributed by atoms with Crippen LogP contribution in [0.5, 0.6) is 11.5 Å². The molecule has 7 aliphatic rings. The highest BCUT2D eigenvalue weighted by atomic mass is 19.2. The molecule has 0 unspecified atom stereocenters. The first-order valence-corrected chi connectivity index (χ1v) is 56.5. The zero-order chi connectivity index (χ0) is 107. The fourth-order valence-corrected chi connectivity index (χ4v) is 23.2. The number of hydrogen-bond acceptors (Lipinski definition) is 21. The molecule has 4 heterocycles. The number of rotatable bonds is 54. The third kappa shape index (κ3) is 39.4. The molecule has 6 aromatic carbocycles. The largest absolute Gasteiger partial charge is 0.457 e. The predicted octanol–water partition coefficient (Wildman–Crippen LogP) is 19.5. The summed E-state index contributed by atoms with van der Waals surface area (Å²) in [6.07, 6.45) is 31.5. The maximum absolute atomic E-state index is 14.8. The number of urea groups is 3. The van der Waals surface area contributed by atoms with Crippen molar-refractivity contribution in [2.45, 2.75) is 288 Å². The summed E-state index contributed by atoms with van der Waals surface area (Å²) in [6, 6.07) is 40.1. The number of nitrogens with one attached hydrogen (secondary N) is 7. The Bertz CT molecular complexity index is 4940. The lowest BCUT2D eigenvalue weighted by molar-refractivity contribution is -0.0592. The summed E-state index contributed by atoms with van der Waals surface area (Å²) >= 11 is 0. The van der Waals surface area contributed by atoms with Crippen molar-refractivity contribution in [2.75, 3.05) is 191 Å². The van der Waals surface area contributed by atoms with Crippen molar-refractivity contribution >= 4 is 29.5 Å². The minimum Gasteiger partial charge on any atom is -0.457 e. The predicted molar refractivity (Wildman–Crippen MR) is 593 cm³/mol.